The van der Waals surface area contributed by atoms with E-state index in [1.54, 1.807) is 25.1 Å². The summed E-state index contributed by atoms with van der Waals surface area (Å²) in [6.07, 6.45) is 1.81. The standard InChI is InChI=1S/C17H18F2N2O4.C8H10.CH2F2O/c1-11-15(22)21(6-5-20-11)12-3-4-13(14(7-12)24-2)25-10-16(23)8-17(18,19)9-16;1-7-3-5-8(2)6-4-7;2-1(3)4/h3-7,23H,8-10H2,1-2H3;3-6H,1-2H3;1,4H. The van der Waals surface area contributed by atoms with Crippen LogP contribution in [0, 0.1) is 20.8 Å². The van der Waals surface area contributed by atoms with Crippen LogP contribution in [-0.4, -0.2) is 51.6 Å². The molecule has 1 aromatic heterocycles. The number of rotatable bonds is 5. The zero-order chi connectivity index (χ0) is 27.8. The van der Waals surface area contributed by atoms with E-state index in [0.717, 1.165) is 0 Å². The zero-order valence-corrected chi connectivity index (χ0v) is 20.9. The molecule has 2 N–H and O–H groups in total. The Hall–Kier alpha value is -3.44. The van der Waals surface area contributed by atoms with Crippen molar-refractivity contribution in [3.63, 3.8) is 0 Å². The van der Waals surface area contributed by atoms with E-state index in [-0.39, 0.29) is 12.2 Å². The summed E-state index contributed by atoms with van der Waals surface area (Å²) in [6, 6.07) is 13.3. The molecule has 1 heterocycles. The van der Waals surface area contributed by atoms with Crippen molar-refractivity contribution in [2.45, 2.75) is 51.7 Å². The third-order valence-electron chi connectivity index (χ3n) is 5.33. The minimum Gasteiger partial charge on any atom is -0.493 e. The van der Waals surface area contributed by atoms with E-state index < -0.39 is 31.0 Å². The molecule has 2 aromatic carbocycles. The fourth-order valence-corrected chi connectivity index (χ4v) is 3.50. The van der Waals surface area contributed by atoms with Gasteiger partial charge in [-0.1, -0.05) is 35.4 Å². The molecule has 1 aliphatic rings. The fraction of sp³-hybridized carbons (Fsp3) is 0.385. The molecular weight excluding hydrogens is 496 g/mol. The van der Waals surface area contributed by atoms with E-state index in [2.05, 4.69) is 43.1 Å². The molecule has 1 saturated carbocycles. The first-order valence-corrected chi connectivity index (χ1v) is 11.2. The number of alkyl halides is 4. The van der Waals surface area contributed by atoms with Gasteiger partial charge in [0.15, 0.2) is 11.5 Å². The van der Waals surface area contributed by atoms with Gasteiger partial charge in [0.25, 0.3) is 11.5 Å². The van der Waals surface area contributed by atoms with Crippen molar-refractivity contribution in [2.24, 2.45) is 0 Å². The van der Waals surface area contributed by atoms with Gasteiger partial charge in [0.2, 0.25) is 0 Å². The highest BCUT2D eigenvalue weighted by molar-refractivity contribution is 5.49. The number of halogens is 4. The van der Waals surface area contributed by atoms with Crippen LogP contribution in [0.1, 0.15) is 29.7 Å². The van der Waals surface area contributed by atoms with E-state index in [4.69, 9.17) is 14.6 Å². The molecule has 1 aliphatic carbocycles. The summed E-state index contributed by atoms with van der Waals surface area (Å²) < 4.78 is 57.8. The summed E-state index contributed by atoms with van der Waals surface area (Å²) >= 11 is 0. The van der Waals surface area contributed by atoms with Crippen LogP contribution in [0.15, 0.2) is 59.7 Å². The Balaban J connectivity index is 0.000000331. The average Bonchev–Trinajstić information content (AvgIpc) is 2.80. The molecule has 11 heteroatoms. The lowest BCUT2D eigenvalue weighted by Crippen LogP contribution is -2.55. The lowest BCUT2D eigenvalue weighted by molar-refractivity contribution is -0.215. The summed E-state index contributed by atoms with van der Waals surface area (Å²) in [5.74, 6) is -2.21. The Morgan fingerprint density at radius 3 is 2.05 bits per heavy atom. The lowest BCUT2D eigenvalue weighted by Gasteiger charge is -2.42. The Morgan fingerprint density at radius 2 is 1.57 bits per heavy atom. The number of benzene rings is 2. The second-order valence-corrected chi connectivity index (χ2v) is 8.68. The number of ether oxygens (including phenoxy) is 2. The maximum atomic E-state index is 12.9. The van der Waals surface area contributed by atoms with Crippen molar-refractivity contribution in [2.75, 3.05) is 13.7 Å². The molecule has 0 saturated heterocycles. The monoisotopic (exact) mass is 526 g/mol. The molecule has 0 amide bonds. The molecule has 1 fully saturated rings. The van der Waals surface area contributed by atoms with E-state index in [9.17, 15) is 27.5 Å². The first kappa shape index (κ1) is 29.8. The second kappa shape index (κ2) is 12.7. The van der Waals surface area contributed by atoms with Crippen LogP contribution in [0.4, 0.5) is 17.6 Å². The van der Waals surface area contributed by atoms with Gasteiger partial charge in [-0.3, -0.25) is 14.3 Å². The Labute approximate surface area is 211 Å². The molecule has 0 aliphatic heterocycles. The van der Waals surface area contributed by atoms with Gasteiger partial charge in [-0.25, -0.2) is 8.78 Å². The van der Waals surface area contributed by atoms with Gasteiger partial charge >= 0.3 is 6.61 Å². The highest BCUT2D eigenvalue weighted by Gasteiger charge is 2.56. The molecule has 0 atom stereocenters. The van der Waals surface area contributed by atoms with Crippen LogP contribution in [0.25, 0.3) is 5.69 Å². The second-order valence-electron chi connectivity index (χ2n) is 8.68. The maximum absolute atomic E-state index is 12.9. The van der Waals surface area contributed by atoms with Gasteiger partial charge in [-0.05, 0) is 32.9 Å². The van der Waals surface area contributed by atoms with E-state index in [1.165, 1.54) is 35.2 Å². The van der Waals surface area contributed by atoms with Crippen LogP contribution in [0.2, 0.25) is 0 Å². The number of aromatic nitrogens is 2. The van der Waals surface area contributed by atoms with Crippen molar-refractivity contribution in [3.05, 3.63) is 82.0 Å². The Bertz CT molecular complexity index is 1180. The van der Waals surface area contributed by atoms with Gasteiger partial charge in [-0.15, -0.1) is 0 Å². The van der Waals surface area contributed by atoms with Crippen molar-refractivity contribution >= 4 is 0 Å². The van der Waals surface area contributed by atoms with Crippen LogP contribution >= 0.6 is 0 Å². The third kappa shape index (κ3) is 9.18. The predicted molar refractivity (Wildman–Crippen MR) is 130 cm³/mol. The van der Waals surface area contributed by atoms with Crippen LogP contribution in [-0.2, 0) is 0 Å². The van der Waals surface area contributed by atoms with Crippen molar-refractivity contribution in [3.8, 4) is 17.2 Å². The zero-order valence-electron chi connectivity index (χ0n) is 20.9. The summed E-state index contributed by atoms with van der Waals surface area (Å²) in [5.41, 5.74) is 1.77. The van der Waals surface area contributed by atoms with E-state index in [0.29, 0.717) is 22.9 Å². The summed E-state index contributed by atoms with van der Waals surface area (Å²) in [7, 11) is 1.43. The molecular formula is C26H30F4N2O5. The normalized spacial score (nSPS) is 14.9. The van der Waals surface area contributed by atoms with Crippen LogP contribution in [0.3, 0.4) is 0 Å². The number of aryl methyl sites for hydroxylation is 3. The summed E-state index contributed by atoms with van der Waals surface area (Å²) in [5, 5.41) is 16.7. The van der Waals surface area contributed by atoms with Crippen LogP contribution < -0.4 is 15.0 Å². The summed E-state index contributed by atoms with van der Waals surface area (Å²) in [6.45, 7) is 2.38. The average molecular weight is 527 g/mol. The van der Waals surface area contributed by atoms with Gasteiger partial charge in [0.05, 0.1) is 12.8 Å². The molecule has 4 rings (SSSR count). The molecule has 202 valence electrons. The fourth-order valence-electron chi connectivity index (χ4n) is 3.50. The smallest absolute Gasteiger partial charge is 0.342 e. The van der Waals surface area contributed by atoms with Gasteiger partial charge in [0, 0.05) is 31.3 Å². The van der Waals surface area contributed by atoms with Gasteiger partial charge < -0.3 is 19.7 Å². The minimum atomic E-state index is -3.17. The first-order valence-electron chi connectivity index (χ1n) is 11.2. The maximum Gasteiger partial charge on any atom is 0.342 e. The molecule has 3 aromatic rings. The van der Waals surface area contributed by atoms with Gasteiger partial charge in [0.1, 0.15) is 17.9 Å². The van der Waals surface area contributed by atoms with E-state index in [1.807, 2.05) is 0 Å². The Morgan fingerprint density at radius 1 is 1.03 bits per heavy atom. The number of aliphatic hydroxyl groups excluding tert-OH is 1. The number of nitrogens with zero attached hydrogens (tertiary/aromatic N) is 2. The first-order chi connectivity index (χ1) is 17.2. The Kier molecular flexibility index (Phi) is 10.2. The van der Waals surface area contributed by atoms with Crippen molar-refractivity contribution in [1.29, 1.82) is 0 Å². The molecule has 0 spiro atoms. The van der Waals surface area contributed by atoms with Crippen LogP contribution in [0.5, 0.6) is 11.5 Å². The SMILES string of the molecule is COc1cc(-n2ccnc(C)c2=O)ccc1OCC1(O)CC(F)(F)C1.Cc1ccc(C)cc1.OC(F)F. The quantitative estimate of drug-likeness (QED) is 0.473. The minimum absolute atomic E-state index is 0.257. The lowest BCUT2D eigenvalue weighted by atomic mass is 9.77. The topological polar surface area (TPSA) is 93.8 Å². The number of aliphatic hydroxyl groups is 2. The van der Waals surface area contributed by atoms with E-state index >= 15 is 0 Å². The predicted octanol–water partition coefficient (Wildman–Crippen LogP) is 4.59. The third-order valence-corrected chi connectivity index (χ3v) is 5.33. The molecule has 0 bridgehead atoms. The van der Waals surface area contributed by atoms with Crippen molar-refractivity contribution < 1.29 is 37.2 Å². The molecule has 37 heavy (non-hydrogen) atoms. The summed E-state index contributed by atoms with van der Waals surface area (Å²) in [4.78, 5) is 16.1. The largest absolute Gasteiger partial charge is 0.493 e. The number of hydrogen-bond acceptors (Lipinski definition) is 6. The molecule has 7 nitrogen and oxygen atoms in total. The van der Waals surface area contributed by atoms with Crippen molar-refractivity contribution in [1.82, 2.24) is 9.55 Å². The molecule has 0 radical (unpaired) electrons. The molecule has 0 unspecified atom stereocenters. The highest BCUT2D eigenvalue weighted by atomic mass is 19.3. The number of methoxy groups -OCH3 is 1. The highest BCUT2D eigenvalue weighted by Crippen LogP contribution is 2.46. The number of hydrogen-bond donors (Lipinski definition) is 2. The van der Waals surface area contributed by atoms with Gasteiger partial charge in [-0.2, -0.15) is 8.78 Å².